The molecular weight excluding hydrogens is 389 g/mol. The smallest absolute Gasteiger partial charge is 0.193 e. The molecule has 2 rings (SSSR count). The number of nitrogens with two attached hydrogens (primary N) is 1. The minimum absolute atomic E-state index is 0. The van der Waals surface area contributed by atoms with Gasteiger partial charge in [0.05, 0.1) is 13.7 Å². The Kier molecular flexibility index (Phi) is 8.06. The molecule has 0 heterocycles. The quantitative estimate of drug-likeness (QED) is 0.449. The average molecular weight is 409 g/mol. The highest BCUT2D eigenvalue weighted by molar-refractivity contribution is 14.0. The summed E-state index contributed by atoms with van der Waals surface area (Å²) < 4.78 is 5.15. The fourth-order valence-corrected chi connectivity index (χ4v) is 1.79. The molecule has 0 aliphatic heterocycles. The van der Waals surface area contributed by atoms with Crippen LogP contribution in [0.4, 0.5) is 5.69 Å². The number of methoxy groups -OCH3 is 1. The molecule has 0 saturated carbocycles. The molecule has 0 bridgehead atoms. The molecular formula is C17H20IN3O. The second-order valence-corrected chi connectivity index (χ2v) is 4.40. The van der Waals surface area contributed by atoms with Crippen molar-refractivity contribution in [3.8, 4) is 5.75 Å². The Morgan fingerprint density at radius 3 is 2.68 bits per heavy atom. The van der Waals surface area contributed by atoms with Crippen LogP contribution in [0.5, 0.6) is 5.75 Å². The van der Waals surface area contributed by atoms with Gasteiger partial charge in [0, 0.05) is 11.8 Å². The molecule has 22 heavy (non-hydrogen) atoms. The zero-order chi connectivity index (χ0) is 14.9. The molecule has 2 aromatic rings. The number of ether oxygens (including phenoxy) is 1. The summed E-state index contributed by atoms with van der Waals surface area (Å²) in [6, 6.07) is 17.6. The Morgan fingerprint density at radius 1 is 1.18 bits per heavy atom. The minimum Gasteiger partial charge on any atom is -0.497 e. The SMILES string of the molecule is COc1cccc(NC(N)=NCC=Cc2ccccc2)c1.I. The molecule has 3 N–H and O–H groups in total. The van der Waals surface area contributed by atoms with Crippen molar-refractivity contribution in [3.63, 3.8) is 0 Å². The van der Waals surface area contributed by atoms with E-state index in [1.54, 1.807) is 7.11 Å². The van der Waals surface area contributed by atoms with Gasteiger partial charge in [0.25, 0.3) is 0 Å². The molecule has 2 aromatic carbocycles. The van der Waals surface area contributed by atoms with Crippen molar-refractivity contribution in [2.45, 2.75) is 0 Å². The first-order valence-corrected chi connectivity index (χ1v) is 6.70. The molecule has 0 atom stereocenters. The van der Waals surface area contributed by atoms with E-state index in [4.69, 9.17) is 10.5 Å². The first-order valence-electron chi connectivity index (χ1n) is 6.70. The highest BCUT2D eigenvalue weighted by Crippen LogP contribution is 2.16. The molecule has 116 valence electrons. The normalized spacial score (nSPS) is 11.0. The molecule has 0 aromatic heterocycles. The van der Waals surface area contributed by atoms with Crippen molar-refractivity contribution in [2.24, 2.45) is 10.7 Å². The van der Waals surface area contributed by atoms with Crippen LogP contribution in [-0.2, 0) is 0 Å². The van der Waals surface area contributed by atoms with Crippen LogP contribution in [0.25, 0.3) is 6.08 Å². The first-order chi connectivity index (χ1) is 10.3. The van der Waals surface area contributed by atoms with Crippen LogP contribution in [0.3, 0.4) is 0 Å². The average Bonchev–Trinajstić information content (AvgIpc) is 2.53. The lowest BCUT2D eigenvalue weighted by atomic mass is 10.2. The van der Waals surface area contributed by atoms with Gasteiger partial charge in [0.15, 0.2) is 5.96 Å². The molecule has 0 spiro atoms. The standard InChI is InChI=1S/C17H19N3O.HI/c1-21-16-11-5-10-15(13-16)20-17(18)19-12-6-9-14-7-3-2-4-8-14;/h2-11,13H,12H2,1H3,(H3,18,19,20);1H. The minimum atomic E-state index is 0. The maximum atomic E-state index is 5.84. The van der Waals surface area contributed by atoms with E-state index in [1.807, 2.05) is 66.7 Å². The summed E-state index contributed by atoms with van der Waals surface area (Å²) in [4.78, 5) is 4.25. The Balaban J connectivity index is 0.00000242. The van der Waals surface area contributed by atoms with Gasteiger partial charge in [-0.05, 0) is 17.7 Å². The van der Waals surface area contributed by atoms with Crippen LogP contribution >= 0.6 is 24.0 Å². The van der Waals surface area contributed by atoms with E-state index in [0.717, 1.165) is 17.0 Å². The van der Waals surface area contributed by atoms with E-state index in [1.165, 1.54) is 0 Å². The van der Waals surface area contributed by atoms with Gasteiger partial charge in [-0.2, -0.15) is 0 Å². The van der Waals surface area contributed by atoms with E-state index < -0.39 is 0 Å². The fourth-order valence-electron chi connectivity index (χ4n) is 1.79. The summed E-state index contributed by atoms with van der Waals surface area (Å²) in [5.74, 6) is 1.15. The van der Waals surface area contributed by atoms with Gasteiger partial charge in [-0.1, -0.05) is 48.6 Å². The third kappa shape index (κ3) is 6.17. The Bertz CT molecular complexity index is 627. The molecule has 0 radical (unpaired) electrons. The zero-order valence-corrected chi connectivity index (χ0v) is 14.7. The molecule has 0 amide bonds. The number of hydrogen-bond donors (Lipinski definition) is 2. The second-order valence-electron chi connectivity index (χ2n) is 4.40. The fraction of sp³-hybridized carbons (Fsp3) is 0.118. The van der Waals surface area contributed by atoms with Crippen molar-refractivity contribution < 1.29 is 4.74 Å². The molecule has 4 nitrogen and oxygen atoms in total. The summed E-state index contributed by atoms with van der Waals surface area (Å²) >= 11 is 0. The van der Waals surface area contributed by atoms with Crippen LogP contribution in [-0.4, -0.2) is 19.6 Å². The Morgan fingerprint density at radius 2 is 1.95 bits per heavy atom. The van der Waals surface area contributed by atoms with Gasteiger partial charge in [-0.15, -0.1) is 24.0 Å². The molecule has 0 aliphatic rings. The van der Waals surface area contributed by atoms with Gasteiger partial charge >= 0.3 is 0 Å². The van der Waals surface area contributed by atoms with Gasteiger partial charge in [-0.3, -0.25) is 0 Å². The molecule has 0 unspecified atom stereocenters. The summed E-state index contributed by atoms with van der Waals surface area (Å²) in [5, 5.41) is 3.03. The van der Waals surface area contributed by atoms with Gasteiger partial charge in [-0.25, -0.2) is 4.99 Å². The van der Waals surface area contributed by atoms with Crippen LogP contribution in [0, 0.1) is 0 Å². The van der Waals surface area contributed by atoms with E-state index in [-0.39, 0.29) is 24.0 Å². The third-order valence-corrected chi connectivity index (χ3v) is 2.82. The van der Waals surface area contributed by atoms with E-state index in [0.29, 0.717) is 12.5 Å². The van der Waals surface area contributed by atoms with Crippen molar-refractivity contribution in [1.29, 1.82) is 0 Å². The number of hydrogen-bond acceptors (Lipinski definition) is 2. The van der Waals surface area contributed by atoms with Gasteiger partial charge in [0.1, 0.15) is 5.75 Å². The van der Waals surface area contributed by atoms with Crippen LogP contribution in [0.1, 0.15) is 5.56 Å². The summed E-state index contributed by atoms with van der Waals surface area (Å²) in [6.45, 7) is 0.525. The monoisotopic (exact) mass is 409 g/mol. The second kappa shape index (κ2) is 9.83. The van der Waals surface area contributed by atoms with Crippen LogP contribution < -0.4 is 15.8 Å². The van der Waals surface area contributed by atoms with Crippen LogP contribution in [0.15, 0.2) is 65.7 Å². The lowest BCUT2D eigenvalue weighted by Crippen LogP contribution is -2.22. The largest absolute Gasteiger partial charge is 0.497 e. The predicted molar refractivity (Wildman–Crippen MR) is 104 cm³/mol. The number of anilines is 1. The van der Waals surface area contributed by atoms with E-state index in [9.17, 15) is 0 Å². The molecule has 0 saturated heterocycles. The molecule has 5 heteroatoms. The van der Waals surface area contributed by atoms with Crippen LogP contribution in [0.2, 0.25) is 0 Å². The number of benzene rings is 2. The number of guanidine groups is 1. The number of aliphatic imine (C=N–C) groups is 1. The Labute approximate surface area is 148 Å². The number of halogens is 1. The zero-order valence-electron chi connectivity index (χ0n) is 12.4. The molecule has 0 fully saturated rings. The van der Waals surface area contributed by atoms with E-state index >= 15 is 0 Å². The van der Waals surface area contributed by atoms with E-state index in [2.05, 4.69) is 10.3 Å². The highest BCUT2D eigenvalue weighted by atomic mass is 127. The third-order valence-electron chi connectivity index (χ3n) is 2.82. The maximum Gasteiger partial charge on any atom is 0.193 e. The summed E-state index contributed by atoms with van der Waals surface area (Å²) in [7, 11) is 1.63. The summed E-state index contributed by atoms with van der Waals surface area (Å²) in [5.41, 5.74) is 7.84. The van der Waals surface area contributed by atoms with Crippen molar-refractivity contribution >= 4 is 41.7 Å². The van der Waals surface area contributed by atoms with Gasteiger partial charge < -0.3 is 15.8 Å². The van der Waals surface area contributed by atoms with Crippen molar-refractivity contribution in [2.75, 3.05) is 19.0 Å². The Hall–Kier alpha value is -2.02. The number of nitrogens with zero attached hydrogens (tertiary/aromatic N) is 1. The predicted octanol–water partition coefficient (Wildman–Crippen LogP) is 3.75. The summed E-state index contributed by atoms with van der Waals surface area (Å²) in [6.07, 6.45) is 3.98. The highest BCUT2D eigenvalue weighted by Gasteiger charge is 1.96. The van der Waals surface area contributed by atoms with Crippen molar-refractivity contribution in [1.82, 2.24) is 0 Å². The topological polar surface area (TPSA) is 59.6 Å². The van der Waals surface area contributed by atoms with Crippen molar-refractivity contribution in [3.05, 3.63) is 66.2 Å². The number of rotatable bonds is 5. The number of nitrogens with one attached hydrogen (secondary N) is 1. The molecule has 0 aliphatic carbocycles. The lowest BCUT2D eigenvalue weighted by Gasteiger charge is -2.06. The maximum absolute atomic E-state index is 5.84. The lowest BCUT2D eigenvalue weighted by molar-refractivity contribution is 0.415. The first kappa shape index (κ1) is 18.0. The van der Waals surface area contributed by atoms with Gasteiger partial charge in [0.2, 0.25) is 0 Å².